The summed E-state index contributed by atoms with van der Waals surface area (Å²) in [6.07, 6.45) is -4.01. The fourth-order valence-corrected chi connectivity index (χ4v) is 0.587. The number of hydrogen-bond donors (Lipinski definition) is 0. The summed E-state index contributed by atoms with van der Waals surface area (Å²) in [6.45, 7) is 0. The van der Waals surface area contributed by atoms with Crippen LogP contribution < -0.4 is 0 Å². The number of hydrogen-bond acceptors (Lipinski definition) is 0. The average Bonchev–Trinajstić information content (AvgIpc) is 1.65. The molecule has 0 nitrogen and oxygen atoms in total. The Balaban J connectivity index is 2.70. The van der Waals surface area contributed by atoms with Crippen molar-refractivity contribution in [1.29, 1.82) is 0 Å². The van der Waals surface area contributed by atoms with Crippen molar-refractivity contribution >= 4 is 0 Å². The van der Waals surface area contributed by atoms with Crippen molar-refractivity contribution in [1.82, 2.24) is 0 Å². The molecule has 0 radical (unpaired) electrons. The maximum atomic E-state index is 11.6. The lowest BCUT2D eigenvalue weighted by Crippen LogP contribution is -2.60. The van der Waals surface area contributed by atoms with E-state index in [9.17, 15) is 22.0 Å². The van der Waals surface area contributed by atoms with Gasteiger partial charge in [-0.3, -0.25) is 0 Å². The van der Waals surface area contributed by atoms with Crippen LogP contribution in [0.5, 0.6) is 0 Å². The van der Waals surface area contributed by atoms with Gasteiger partial charge in [-0.1, -0.05) is 0 Å². The molecular weight excluding hydrogens is 143 g/mol. The molecule has 0 aromatic heterocycles. The molecule has 0 aliphatic heterocycles. The minimum Gasteiger partial charge on any atom is -0.240 e. The van der Waals surface area contributed by atoms with Gasteiger partial charge in [0.1, 0.15) is 0 Å². The minimum atomic E-state index is -4.42. The van der Waals surface area contributed by atoms with Crippen LogP contribution in [0.1, 0.15) is 6.42 Å². The SMILES string of the molecule is FC1CC(F)(F)C1(F)F. The van der Waals surface area contributed by atoms with Crippen LogP contribution in [0.4, 0.5) is 22.0 Å². The Morgan fingerprint density at radius 3 is 1.56 bits per heavy atom. The molecule has 0 amide bonds. The second-order valence-corrected chi connectivity index (χ2v) is 2.00. The number of alkyl halides is 5. The summed E-state index contributed by atoms with van der Waals surface area (Å²) < 4.78 is 57.9. The van der Waals surface area contributed by atoms with Gasteiger partial charge in [-0.2, -0.15) is 17.6 Å². The highest BCUT2D eigenvalue weighted by molar-refractivity contribution is 5.03. The second-order valence-electron chi connectivity index (χ2n) is 2.00. The molecule has 54 valence electrons. The van der Waals surface area contributed by atoms with Gasteiger partial charge < -0.3 is 0 Å². The van der Waals surface area contributed by atoms with Gasteiger partial charge in [0.2, 0.25) is 0 Å². The first kappa shape index (κ1) is 6.77. The maximum absolute atomic E-state index is 11.6. The molecule has 9 heavy (non-hydrogen) atoms. The van der Waals surface area contributed by atoms with Crippen LogP contribution in [-0.4, -0.2) is 18.0 Å². The van der Waals surface area contributed by atoms with Crippen molar-refractivity contribution in [2.45, 2.75) is 24.4 Å². The highest BCUT2D eigenvalue weighted by Crippen LogP contribution is 2.52. The predicted molar refractivity (Wildman–Crippen MR) is 19.4 cm³/mol. The van der Waals surface area contributed by atoms with E-state index in [0.29, 0.717) is 0 Å². The first-order chi connectivity index (χ1) is 3.88. The monoisotopic (exact) mass is 146 g/mol. The summed E-state index contributed by atoms with van der Waals surface area (Å²) in [5, 5.41) is 0. The zero-order valence-corrected chi connectivity index (χ0v) is 4.17. The van der Waals surface area contributed by atoms with Gasteiger partial charge in [0.15, 0.2) is 6.17 Å². The molecule has 1 fully saturated rings. The van der Waals surface area contributed by atoms with Crippen LogP contribution in [0.3, 0.4) is 0 Å². The highest BCUT2D eigenvalue weighted by atomic mass is 19.3. The molecule has 0 aromatic carbocycles. The van der Waals surface area contributed by atoms with E-state index in [1.54, 1.807) is 0 Å². The molecule has 1 aliphatic rings. The molecule has 0 spiro atoms. The van der Waals surface area contributed by atoms with Gasteiger partial charge in [-0.15, -0.1) is 0 Å². The molecular formula is C4H3F5. The Morgan fingerprint density at radius 2 is 1.56 bits per heavy atom. The van der Waals surface area contributed by atoms with Gasteiger partial charge in [-0.05, 0) is 0 Å². The first-order valence-corrected chi connectivity index (χ1v) is 2.27. The van der Waals surface area contributed by atoms with E-state index in [1.807, 2.05) is 0 Å². The van der Waals surface area contributed by atoms with E-state index in [1.165, 1.54) is 0 Å². The Morgan fingerprint density at radius 1 is 1.11 bits per heavy atom. The van der Waals surface area contributed by atoms with Crippen molar-refractivity contribution in [2.75, 3.05) is 0 Å². The van der Waals surface area contributed by atoms with E-state index in [-0.39, 0.29) is 0 Å². The van der Waals surface area contributed by atoms with Crippen molar-refractivity contribution in [3.63, 3.8) is 0 Å². The van der Waals surface area contributed by atoms with Crippen molar-refractivity contribution in [2.24, 2.45) is 0 Å². The second kappa shape index (κ2) is 1.38. The van der Waals surface area contributed by atoms with Crippen molar-refractivity contribution in [3.05, 3.63) is 0 Å². The lowest BCUT2D eigenvalue weighted by atomic mass is 9.87. The van der Waals surface area contributed by atoms with Crippen LogP contribution in [0, 0.1) is 0 Å². The smallest absolute Gasteiger partial charge is 0.240 e. The molecule has 1 unspecified atom stereocenters. The molecule has 5 heteroatoms. The molecule has 0 N–H and O–H groups in total. The number of rotatable bonds is 0. The van der Waals surface area contributed by atoms with E-state index < -0.39 is 24.4 Å². The molecule has 1 saturated carbocycles. The predicted octanol–water partition coefficient (Wildman–Crippen LogP) is 2.00. The van der Waals surface area contributed by atoms with Crippen LogP contribution in [0.2, 0.25) is 0 Å². The van der Waals surface area contributed by atoms with Crippen molar-refractivity contribution < 1.29 is 22.0 Å². The Labute approximate surface area is 47.7 Å². The van der Waals surface area contributed by atoms with Crippen LogP contribution >= 0.6 is 0 Å². The van der Waals surface area contributed by atoms with Gasteiger partial charge in [0.25, 0.3) is 0 Å². The highest BCUT2D eigenvalue weighted by Gasteiger charge is 2.72. The summed E-state index contributed by atoms with van der Waals surface area (Å²) >= 11 is 0. The fraction of sp³-hybridized carbons (Fsp3) is 1.00. The van der Waals surface area contributed by atoms with Gasteiger partial charge in [-0.25, -0.2) is 4.39 Å². The standard InChI is InChI=1S/C4H3F5/c5-2-1-3(6,7)4(2,8)9/h2H,1H2. The third kappa shape index (κ3) is 0.632. The van der Waals surface area contributed by atoms with Gasteiger partial charge >= 0.3 is 11.8 Å². The average molecular weight is 146 g/mol. The molecule has 0 bridgehead atoms. The summed E-state index contributed by atoms with van der Waals surface area (Å²) in [5.74, 6) is -8.54. The Kier molecular flexibility index (Phi) is 1.04. The van der Waals surface area contributed by atoms with Crippen LogP contribution in [-0.2, 0) is 0 Å². The van der Waals surface area contributed by atoms with E-state index in [4.69, 9.17) is 0 Å². The quantitative estimate of drug-likeness (QED) is 0.458. The van der Waals surface area contributed by atoms with E-state index in [2.05, 4.69) is 0 Å². The first-order valence-electron chi connectivity index (χ1n) is 2.27. The normalized spacial score (nSPS) is 37.7. The van der Waals surface area contributed by atoms with Gasteiger partial charge in [0, 0.05) is 0 Å². The topological polar surface area (TPSA) is 0 Å². The van der Waals surface area contributed by atoms with Gasteiger partial charge in [0.05, 0.1) is 6.42 Å². The summed E-state index contributed by atoms with van der Waals surface area (Å²) in [6, 6.07) is 0. The minimum absolute atomic E-state index is 1.35. The number of halogens is 5. The molecule has 1 aliphatic carbocycles. The largest absolute Gasteiger partial charge is 0.340 e. The Bertz CT molecular complexity index is 129. The van der Waals surface area contributed by atoms with Crippen LogP contribution in [0.25, 0.3) is 0 Å². The fourth-order valence-electron chi connectivity index (χ4n) is 0.587. The molecule has 1 rings (SSSR count). The van der Waals surface area contributed by atoms with Crippen LogP contribution in [0.15, 0.2) is 0 Å². The molecule has 0 aromatic rings. The third-order valence-corrected chi connectivity index (χ3v) is 1.32. The Hall–Kier alpha value is -0.350. The maximum Gasteiger partial charge on any atom is 0.340 e. The van der Waals surface area contributed by atoms with E-state index >= 15 is 0 Å². The zero-order valence-electron chi connectivity index (χ0n) is 4.17. The molecule has 0 saturated heterocycles. The third-order valence-electron chi connectivity index (χ3n) is 1.32. The molecule has 0 heterocycles. The lowest BCUT2D eigenvalue weighted by molar-refractivity contribution is -0.313. The summed E-state index contributed by atoms with van der Waals surface area (Å²) in [7, 11) is 0. The lowest BCUT2D eigenvalue weighted by Gasteiger charge is -2.38. The summed E-state index contributed by atoms with van der Waals surface area (Å²) in [4.78, 5) is 0. The molecule has 1 atom stereocenters. The van der Waals surface area contributed by atoms with E-state index in [0.717, 1.165) is 0 Å². The van der Waals surface area contributed by atoms with Crippen molar-refractivity contribution in [3.8, 4) is 0 Å². The zero-order chi connectivity index (χ0) is 7.28. The summed E-state index contributed by atoms with van der Waals surface area (Å²) in [5.41, 5.74) is 0.